The van der Waals surface area contributed by atoms with E-state index in [9.17, 15) is 0 Å². The van der Waals surface area contributed by atoms with Crippen molar-refractivity contribution in [2.75, 3.05) is 11.5 Å². The predicted octanol–water partition coefficient (Wildman–Crippen LogP) is 4.50. The predicted molar refractivity (Wildman–Crippen MR) is 100 cm³/mol. The Kier molecular flexibility index (Phi) is 3.68. The van der Waals surface area contributed by atoms with Crippen molar-refractivity contribution in [3.63, 3.8) is 0 Å². The fourth-order valence-corrected chi connectivity index (χ4v) is 9.03. The quantitative estimate of drug-likeness (QED) is 0.759. The molecule has 22 heavy (non-hydrogen) atoms. The Morgan fingerprint density at radius 1 is 0.955 bits per heavy atom. The maximum atomic E-state index is 6.82. The summed E-state index contributed by atoms with van der Waals surface area (Å²) in [5, 5.41) is 1.38. The van der Waals surface area contributed by atoms with E-state index in [4.69, 9.17) is 4.43 Å². The molecule has 0 radical (unpaired) electrons. The van der Waals surface area contributed by atoms with Gasteiger partial charge in [-0.15, -0.1) is 23.5 Å². The topological polar surface area (TPSA) is 9.23 Å². The molecule has 1 spiro atoms. The van der Waals surface area contributed by atoms with Gasteiger partial charge in [-0.05, 0) is 29.4 Å². The summed E-state index contributed by atoms with van der Waals surface area (Å²) in [5.41, 5.74) is 2.89. The second-order valence-corrected chi connectivity index (χ2v) is 13.1. The minimum absolute atomic E-state index is 0.148. The molecule has 4 rings (SSSR count). The lowest BCUT2D eigenvalue weighted by Gasteiger charge is -2.49. The first-order chi connectivity index (χ1) is 10.6. The molecular weight excluding hydrogens is 324 g/mol. The Morgan fingerprint density at radius 3 is 2.32 bits per heavy atom. The van der Waals surface area contributed by atoms with Gasteiger partial charge in [0, 0.05) is 11.5 Å². The van der Waals surface area contributed by atoms with E-state index in [2.05, 4.69) is 91.2 Å². The molecule has 1 nitrogen and oxygen atoms in total. The summed E-state index contributed by atoms with van der Waals surface area (Å²) in [6.07, 6.45) is 0.239. The molecule has 0 saturated carbocycles. The number of rotatable bonds is 3. The highest BCUT2D eigenvalue weighted by molar-refractivity contribution is 8.20. The highest BCUT2D eigenvalue weighted by Crippen LogP contribution is 2.68. The third kappa shape index (κ3) is 2.20. The molecule has 0 N–H and O–H groups in total. The molecule has 2 aromatic rings. The average molecular weight is 345 g/mol. The standard InChI is InChI=1S/C18H20OS2Si/c1-22(2,14-8-4-3-5-9-14)19-17-15-10-6-7-11-16(15)18(17)20-12-13-21-18/h3-11,17H,12-13H2,1-2H3. The third-order valence-corrected chi connectivity index (χ3v) is 10.6. The highest BCUT2D eigenvalue weighted by Gasteiger charge is 2.57. The van der Waals surface area contributed by atoms with Crippen LogP contribution in [-0.2, 0) is 8.51 Å². The first-order valence-electron chi connectivity index (χ1n) is 7.74. The van der Waals surface area contributed by atoms with Gasteiger partial charge >= 0.3 is 0 Å². The molecule has 114 valence electrons. The van der Waals surface area contributed by atoms with Crippen molar-refractivity contribution < 1.29 is 4.43 Å². The van der Waals surface area contributed by atoms with E-state index in [1.54, 1.807) is 0 Å². The van der Waals surface area contributed by atoms with Gasteiger partial charge in [0.05, 0.1) is 6.10 Å². The third-order valence-electron chi connectivity index (χ3n) is 4.56. The van der Waals surface area contributed by atoms with E-state index in [-0.39, 0.29) is 10.2 Å². The number of fused-ring (bicyclic) bond motifs is 2. The summed E-state index contributed by atoms with van der Waals surface area (Å²) in [5.74, 6) is 2.46. The Bertz CT molecular complexity index is 680. The van der Waals surface area contributed by atoms with E-state index in [1.165, 1.54) is 27.8 Å². The van der Waals surface area contributed by atoms with Crippen molar-refractivity contribution in [3.05, 3.63) is 65.7 Å². The molecule has 1 unspecified atom stereocenters. The monoisotopic (exact) mass is 344 g/mol. The number of hydrogen-bond acceptors (Lipinski definition) is 3. The van der Waals surface area contributed by atoms with Gasteiger partial charge in [-0.1, -0.05) is 54.6 Å². The second-order valence-electron chi connectivity index (χ2n) is 6.33. The summed E-state index contributed by atoms with van der Waals surface area (Å²) in [4.78, 5) is 0. The zero-order chi connectivity index (χ0) is 15.2. The highest BCUT2D eigenvalue weighted by atomic mass is 32.2. The van der Waals surface area contributed by atoms with Crippen LogP contribution in [0.15, 0.2) is 54.6 Å². The van der Waals surface area contributed by atoms with Crippen LogP contribution < -0.4 is 5.19 Å². The lowest BCUT2D eigenvalue weighted by Crippen LogP contribution is -2.51. The van der Waals surface area contributed by atoms with Crippen LogP contribution >= 0.6 is 23.5 Å². The van der Waals surface area contributed by atoms with Crippen molar-refractivity contribution in [1.29, 1.82) is 0 Å². The molecule has 1 saturated heterocycles. The molecule has 0 amide bonds. The van der Waals surface area contributed by atoms with E-state index in [1.807, 2.05) is 0 Å². The largest absolute Gasteiger partial charge is 0.403 e. The number of thioether (sulfide) groups is 2. The normalized spacial score (nSPS) is 22.4. The van der Waals surface area contributed by atoms with Gasteiger partial charge in [0.25, 0.3) is 0 Å². The Balaban J connectivity index is 1.68. The first kappa shape index (κ1) is 14.9. The van der Waals surface area contributed by atoms with Gasteiger partial charge in [0.2, 0.25) is 8.32 Å². The first-order valence-corrected chi connectivity index (χ1v) is 12.6. The van der Waals surface area contributed by atoms with Crippen LogP contribution in [0.5, 0.6) is 0 Å². The molecule has 1 aliphatic carbocycles. The van der Waals surface area contributed by atoms with E-state index >= 15 is 0 Å². The van der Waals surface area contributed by atoms with Crippen LogP contribution in [0.2, 0.25) is 13.1 Å². The molecule has 1 aliphatic heterocycles. The summed E-state index contributed by atoms with van der Waals surface area (Å²) in [7, 11) is -1.90. The fraction of sp³-hybridized carbons (Fsp3) is 0.333. The van der Waals surface area contributed by atoms with Gasteiger partial charge in [0.15, 0.2) is 0 Å². The van der Waals surface area contributed by atoms with Gasteiger partial charge in [-0.2, -0.15) is 0 Å². The van der Waals surface area contributed by atoms with Crippen LogP contribution in [0.25, 0.3) is 0 Å². The fourth-order valence-electron chi connectivity index (χ4n) is 3.39. The van der Waals surface area contributed by atoms with Crippen LogP contribution in [0.4, 0.5) is 0 Å². The van der Waals surface area contributed by atoms with Crippen LogP contribution in [-0.4, -0.2) is 19.8 Å². The van der Waals surface area contributed by atoms with Crippen molar-refractivity contribution in [2.24, 2.45) is 0 Å². The molecule has 2 aromatic carbocycles. The summed E-state index contributed by atoms with van der Waals surface area (Å²) in [6.45, 7) is 4.64. The lowest BCUT2D eigenvalue weighted by atomic mass is 9.84. The van der Waals surface area contributed by atoms with E-state index < -0.39 is 8.32 Å². The van der Waals surface area contributed by atoms with Crippen molar-refractivity contribution in [2.45, 2.75) is 23.3 Å². The maximum absolute atomic E-state index is 6.82. The molecule has 2 aliphatic rings. The minimum Gasteiger partial charge on any atom is -0.403 e. The molecule has 1 atom stereocenters. The van der Waals surface area contributed by atoms with Gasteiger partial charge < -0.3 is 4.43 Å². The average Bonchev–Trinajstić information content (AvgIpc) is 3.06. The minimum atomic E-state index is -1.90. The SMILES string of the molecule is C[Si](C)(OC1c2ccccc2C12SCCS2)c1ccccc1. The van der Waals surface area contributed by atoms with Gasteiger partial charge in [0.1, 0.15) is 4.08 Å². The van der Waals surface area contributed by atoms with Crippen LogP contribution in [0.3, 0.4) is 0 Å². The zero-order valence-electron chi connectivity index (χ0n) is 12.9. The Labute approximate surface area is 142 Å². The van der Waals surface area contributed by atoms with Crippen molar-refractivity contribution in [3.8, 4) is 0 Å². The smallest absolute Gasteiger partial charge is 0.219 e. The summed E-state index contributed by atoms with van der Waals surface area (Å²) in [6, 6.07) is 19.6. The molecular formula is C18H20OS2Si. The van der Waals surface area contributed by atoms with E-state index in [0.29, 0.717) is 0 Å². The lowest BCUT2D eigenvalue weighted by molar-refractivity contribution is 0.159. The number of hydrogen-bond donors (Lipinski definition) is 0. The second kappa shape index (κ2) is 5.44. The molecule has 4 heteroatoms. The molecule has 1 fully saturated rings. The number of benzene rings is 2. The maximum Gasteiger partial charge on any atom is 0.219 e. The van der Waals surface area contributed by atoms with Crippen LogP contribution in [0.1, 0.15) is 17.2 Å². The molecule has 1 heterocycles. The van der Waals surface area contributed by atoms with Crippen LogP contribution in [0, 0.1) is 0 Å². The van der Waals surface area contributed by atoms with E-state index in [0.717, 1.165) is 0 Å². The summed E-state index contributed by atoms with van der Waals surface area (Å²) < 4.78 is 6.97. The van der Waals surface area contributed by atoms with Gasteiger partial charge in [-0.3, -0.25) is 0 Å². The van der Waals surface area contributed by atoms with Crippen molar-refractivity contribution in [1.82, 2.24) is 0 Å². The summed E-state index contributed by atoms with van der Waals surface area (Å²) >= 11 is 4.16. The molecule has 0 aromatic heterocycles. The van der Waals surface area contributed by atoms with Crippen molar-refractivity contribution >= 4 is 37.0 Å². The zero-order valence-corrected chi connectivity index (χ0v) is 15.5. The van der Waals surface area contributed by atoms with Gasteiger partial charge in [-0.25, -0.2) is 0 Å². The Hall–Kier alpha value is -0.683. The molecule has 0 bridgehead atoms. The Morgan fingerprint density at radius 2 is 1.59 bits per heavy atom.